The van der Waals surface area contributed by atoms with Gasteiger partial charge < -0.3 is 19.7 Å². The standard InChI is InChI=1S/C16H24N2O3/c1-17-10-16(19)18(12-15-7-4-8-21-15)11-13-5-3-6-14(9-13)20-2/h3,5-6,9,15,17H,4,7-8,10-12H2,1-2H3. The van der Waals surface area contributed by atoms with Crippen LogP contribution in [0.1, 0.15) is 18.4 Å². The van der Waals surface area contributed by atoms with E-state index < -0.39 is 0 Å². The van der Waals surface area contributed by atoms with Crippen LogP contribution in [-0.4, -0.2) is 50.8 Å². The van der Waals surface area contributed by atoms with Gasteiger partial charge >= 0.3 is 0 Å². The van der Waals surface area contributed by atoms with Gasteiger partial charge in [-0.3, -0.25) is 4.79 Å². The van der Waals surface area contributed by atoms with Crippen LogP contribution in [0.4, 0.5) is 0 Å². The van der Waals surface area contributed by atoms with E-state index in [9.17, 15) is 4.79 Å². The lowest BCUT2D eigenvalue weighted by Crippen LogP contribution is -2.41. The first-order chi connectivity index (χ1) is 10.2. The Bertz CT molecular complexity index is 459. The normalized spacial score (nSPS) is 17.7. The van der Waals surface area contributed by atoms with E-state index in [4.69, 9.17) is 9.47 Å². The Hall–Kier alpha value is -1.59. The molecule has 0 aliphatic carbocycles. The van der Waals surface area contributed by atoms with Crippen molar-refractivity contribution in [2.45, 2.75) is 25.5 Å². The molecule has 5 nitrogen and oxygen atoms in total. The van der Waals surface area contributed by atoms with E-state index in [0.29, 0.717) is 19.6 Å². The Morgan fingerprint density at radius 1 is 1.52 bits per heavy atom. The number of methoxy groups -OCH3 is 1. The van der Waals surface area contributed by atoms with Gasteiger partial charge in [-0.05, 0) is 37.6 Å². The van der Waals surface area contributed by atoms with E-state index in [2.05, 4.69) is 5.32 Å². The van der Waals surface area contributed by atoms with Crippen LogP contribution >= 0.6 is 0 Å². The van der Waals surface area contributed by atoms with E-state index in [1.807, 2.05) is 29.2 Å². The summed E-state index contributed by atoms with van der Waals surface area (Å²) in [6.07, 6.45) is 2.27. The molecule has 21 heavy (non-hydrogen) atoms. The van der Waals surface area contributed by atoms with Crippen molar-refractivity contribution in [2.24, 2.45) is 0 Å². The lowest BCUT2D eigenvalue weighted by atomic mass is 10.1. The molecule has 0 spiro atoms. The molecule has 1 unspecified atom stereocenters. The summed E-state index contributed by atoms with van der Waals surface area (Å²) < 4.78 is 10.9. The maximum atomic E-state index is 12.3. The van der Waals surface area contributed by atoms with Crippen molar-refractivity contribution < 1.29 is 14.3 Å². The van der Waals surface area contributed by atoms with Crippen LogP contribution in [0, 0.1) is 0 Å². The number of hydrogen-bond acceptors (Lipinski definition) is 4. The second-order valence-corrected chi connectivity index (χ2v) is 5.29. The molecule has 1 heterocycles. The minimum Gasteiger partial charge on any atom is -0.497 e. The fourth-order valence-electron chi connectivity index (χ4n) is 2.54. The molecule has 1 aliphatic heterocycles. The van der Waals surface area contributed by atoms with Crippen molar-refractivity contribution in [3.05, 3.63) is 29.8 Å². The van der Waals surface area contributed by atoms with E-state index in [-0.39, 0.29) is 12.0 Å². The topological polar surface area (TPSA) is 50.8 Å². The summed E-state index contributed by atoms with van der Waals surface area (Å²) in [5, 5.41) is 2.92. The SMILES string of the molecule is CNCC(=O)N(Cc1cccc(OC)c1)CC1CCCO1. The molecule has 1 N–H and O–H groups in total. The molecular formula is C16H24N2O3. The van der Waals surface area contributed by atoms with Crippen LogP contribution in [0.5, 0.6) is 5.75 Å². The van der Waals surface area contributed by atoms with Crippen LogP contribution < -0.4 is 10.1 Å². The maximum Gasteiger partial charge on any atom is 0.236 e. The third kappa shape index (κ3) is 4.72. The fraction of sp³-hybridized carbons (Fsp3) is 0.562. The molecule has 1 aromatic rings. The van der Waals surface area contributed by atoms with Crippen LogP contribution in [-0.2, 0) is 16.1 Å². The maximum absolute atomic E-state index is 12.3. The second-order valence-electron chi connectivity index (χ2n) is 5.29. The Kier molecular flexibility index (Phi) is 6.02. The average Bonchev–Trinajstić information content (AvgIpc) is 3.00. The number of carbonyl (C=O) groups is 1. The number of amides is 1. The first-order valence-electron chi connectivity index (χ1n) is 7.40. The molecule has 1 atom stereocenters. The minimum atomic E-state index is 0.0934. The highest BCUT2D eigenvalue weighted by molar-refractivity contribution is 5.78. The van der Waals surface area contributed by atoms with Gasteiger partial charge in [0.1, 0.15) is 5.75 Å². The highest BCUT2D eigenvalue weighted by Gasteiger charge is 2.22. The first kappa shape index (κ1) is 15.8. The lowest BCUT2D eigenvalue weighted by Gasteiger charge is -2.25. The van der Waals surface area contributed by atoms with Gasteiger partial charge in [0.25, 0.3) is 0 Å². The molecule has 1 amide bonds. The number of nitrogens with one attached hydrogen (secondary N) is 1. The van der Waals surface area contributed by atoms with Crippen molar-refractivity contribution >= 4 is 5.91 Å². The van der Waals surface area contributed by atoms with Crippen molar-refractivity contribution in [1.82, 2.24) is 10.2 Å². The molecule has 116 valence electrons. The van der Waals surface area contributed by atoms with Crippen molar-refractivity contribution in [1.29, 1.82) is 0 Å². The van der Waals surface area contributed by atoms with Gasteiger partial charge in [0.05, 0.1) is 19.8 Å². The van der Waals surface area contributed by atoms with Crippen molar-refractivity contribution in [2.75, 3.05) is 33.9 Å². The molecule has 1 aromatic carbocycles. The summed E-state index contributed by atoms with van der Waals surface area (Å²) in [4.78, 5) is 14.1. The molecule has 0 saturated carbocycles. The van der Waals surface area contributed by atoms with Gasteiger partial charge in [0.15, 0.2) is 0 Å². The van der Waals surface area contributed by atoms with Gasteiger partial charge in [-0.15, -0.1) is 0 Å². The van der Waals surface area contributed by atoms with Crippen LogP contribution in [0.25, 0.3) is 0 Å². The smallest absolute Gasteiger partial charge is 0.236 e. The number of ether oxygens (including phenoxy) is 2. The van der Waals surface area contributed by atoms with Gasteiger partial charge in [-0.2, -0.15) is 0 Å². The molecular weight excluding hydrogens is 268 g/mol. The zero-order valence-electron chi connectivity index (χ0n) is 12.8. The molecule has 1 saturated heterocycles. The summed E-state index contributed by atoms with van der Waals surface area (Å²) >= 11 is 0. The second kappa shape index (κ2) is 8.00. The predicted octanol–water partition coefficient (Wildman–Crippen LogP) is 1.42. The lowest BCUT2D eigenvalue weighted by molar-refractivity contribution is -0.132. The highest BCUT2D eigenvalue weighted by atomic mass is 16.5. The third-order valence-corrected chi connectivity index (χ3v) is 3.64. The monoisotopic (exact) mass is 292 g/mol. The van der Waals surface area contributed by atoms with E-state index in [1.165, 1.54) is 0 Å². The molecule has 0 radical (unpaired) electrons. The summed E-state index contributed by atoms with van der Waals surface area (Å²) in [5.41, 5.74) is 1.07. The summed E-state index contributed by atoms with van der Waals surface area (Å²) in [6, 6.07) is 7.83. The largest absolute Gasteiger partial charge is 0.497 e. The van der Waals surface area contributed by atoms with Crippen LogP contribution in [0.15, 0.2) is 24.3 Å². The van der Waals surface area contributed by atoms with E-state index in [0.717, 1.165) is 30.8 Å². The fourth-order valence-corrected chi connectivity index (χ4v) is 2.54. The first-order valence-corrected chi connectivity index (χ1v) is 7.40. The van der Waals surface area contributed by atoms with Gasteiger partial charge in [-0.25, -0.2) is 0 Å². The zero-order valence-corrected chi connectivity index (χ0v) is 12.8. The number of likely N-dealkylation sites (N-methyl/N-ethyl adjacent to an activating group) is 1. The van der Waals surface area contributed by atoms with Crippen molar-refractivity contribution in [3.8, 4) is 5.75 Å². The number of rotatable bonds is 7. The quantitative estimate of drug-likeness (QED) is 0.826. The predicted molar refractivity (Wildman–Crippen MR) is 81.3 cm³/mol. The summed E-state index contributed by atoms with van der Waals surface area (Å²) in [7, 11) is 3.43. The molecule has 5 heteroatoms. The summed E-state index contributed by atoms with van der Waals surface area (Å²) in [6.45, 7) is 2.38. The molecule has 2 rings (SSSR count). The Morgan fingerprint density at radius 3 is 3.05 bits per heavy atom. The Balaban J connectivity index is 2.04. The number of carbonyl (C=O) groups excluding carboxylic acids is 1. The Morgan fingerprint density at radius 2 is 2.38 bits per heavy atom. The van der Waals surface area contributed by atoms with Crippen LogP contribution in [0.2, 0.25) is 0 Å². The van der Waals surface area contributed by atoms with E-state index in [1.54, 1.807) is 14.2 Å². The Labute approximate surface area is 126 Å². The number of nitrogens with zero attached hydrogens (tertiary/aromatic N) is 1. The third-order valence-electron chi connectivity index (χ3n) is 3.64. The van der Waals surface area contributed by atoms with Gasteiger partial charge in [0.2, 0.25) is 5.91 Å². The average molecular weight is 292 g/mol. The molecule has 0 aromatic heterocycles. The number of hydrogen-bond donors (Lipinski definition) is 1. The van der Waals surface area contributed by atoms with Gasteiger partial charge in [-0.1, -0.05) is 12.1 Å². The molecule has 1 aliphatic rings. The molecule has 1 fully saturated rings. The summed E-state index contributed by atoms with van der Waals surface area (Å²) in [5.74, 6) is 0.904. The zero-order chi connectivity index (χ0) is 15.1. The highest BCUT2D eigenvalue weighted by Crippen LogP contribution is 2.17. The van der Waals surface area contributed by atoms with Crippen LogP contribution in [0.3, 0.4) is 0 Å². The number of benzene rings is 1. The minimum absolute atomic E-state index is 0.0934. The van der Waals surface area contributed by atoms with Crippen molar-refractivity contribution in [3.63, 3.8) is 0 Å². The van der Waals surface area contributed by atoms with Gasteiger partial charge in [0, 0.05) is 19.7 Å². The molecule has 0 bridgehead atoms. The van der Waals surface area contributed by atoms with E-state index >= 15 is 0 Å².